The molecule has 0 aromatic heterocycles. The topological polar surface area (TPSA) is 30.5 Å². The zero-order valence-electron chi connectivity index (χ0n) is 14.0. The number of morpholine rings is 1. The van der Waals surface area contributed by atoms with Crippen LogP contribution in [0.25, 0.3) is 0 Å². The third-order valence-corrected chi connectivity index (χ3v) is 4.78. The summed E-state index contributed by atoms with van der Waals surface area (Å²) >= 11 is 0. The summed E-state index contributed by atoms with van der Waals surface area (Å²) < 4.78 is 11.7. The van der Waals surface area contributed by atoms with E-state index in [0.717, 1.165) is 31.7 Å². The molecule has 2 atom stereocenters. The molecule has 2 rings (SSSR count). The normalized spacial score (nSPS) is 29.6. The maximum Gasteiger partial charge on any atom is 0.118 e. The van der Waals surface area contributed by atoms with E-state index in [2.05, 4.69) is 45.1 Å². The van der Waals surface area contributed by atoms with Crippen LogP contribution >= 0.6 is 0 Å². The highest BCUT2D eigenvalue weighted by atomic mass is 16.5. The first kappa shape index (κ1) is 16.3. The minimum Gasteiger partial charge on any atom is -0.497 e. The van der Waals surface area contributed by atoms with Crippen molar-refractivity contribution in [3.63, 3.8) is 0 Å². The Labute approximate surface area is 129 Å². The summed E-state index contributed by atoms with van der Waals surface area (Å²) in [6, 6.07) is 8.33. The van der Waals surface area contributed by atoms with Gasteiger partial charge < -0.3 is 14.8 Å². The van der Waals surface area contributed by atoms with Crippen LogP contribution in [0.2, 0.25) is 0 Å². The van der Waals surface area contributed by atoms with Gasteiger partial charge in [-0.2, -0.15) is 0 Å². The first-order chi connectivity index (χ1) is 9.87. The molecule has 1 aromatic rings. The van der Waals surface area contributed by atoms with Crippen LogP contribution in [0.3, 0.4) is 0 Å². The number of nitrogens with one attached hydrogen (secondary N) is 1. The third-order valence-electron chi connectivity index (χ3n) is 4.78. The Balaban J connectivity index is 1.97. The Hall–Kier alpha value is -1.06. The highest BCUT2D eigenvalue weighted by Gasteiger charge is 2.41. The fourth-order valence-electron chi connectivity index (χ4n) is 2.87. The molecule has 1 aliphatic rings. The van der Waals surface area contributed by atoms with Crippen molar-refractivity contribution in [2.75, 3.05) is 20.2 Å². The summed E-state index contributed by atoms with van der Waals surface area (Å²) in [5, 5.41) is 3.56. The molecule has 0 amide bonds. The van der Waals surface area contributed by atoms with Crippen molar-refractivity contribution in [1.82, 2.24) is 5.32 Å². The number of methoxy groups -OCH3 is 1. The number of aryl methyl sites for hydroxylation is 1. The van der Waals surface area contributed by atoms with Gasteiger partial charge in [-0.05, 0) is 50.3 Å². The Morgan fingerprint density at radius 1 is 1.19 bits per heavy atom. The molecule has 118 valence electrons. The molecule has 0 radical (unpaired) electrons. The molecule has 1 aromatic carbocycles. The summed E-state index contributed by atoms with van der Waals surface area (Å²) in [4.78, 5) is 0. The largest absolute Gasteiger partial charge is 0.497 e. The van der Waals surface area contributed by atoms with Gasteiger partial charge in [0, 0.05) is 13.1 Å². The summed E-state index contributed by atoms with van der Waals surface area (Å²) in [5.74, 6) is 1.42. The van der Waals surface area contributed by atoms with Crippen LogP contribution in [0.15, 0.2) is 24.3 Å². The van der Waals surface area contributed by atoms with Crippen molar-refractivity contribution < 1.29 is 9.47 Å². The van der Waals surface area contributed by atoms with E-state index in [1.807, 2.05) is 12.1 Å². The van der Waals surface area contributed by atoms with E-state index in [1.54, 1.807) is 7.11 Å². The van der Waals surface area contributed by atoms with Crippen LogP contribution in [-0.4, -0.2) is 31.4 Å². The van der Waals surface area contributed by atoms with Gasteiger partial charge in [-0.15, -0.1) is 0 Å². The molecular formula is C18H29NO2. The van der Waals surface area contributed by atoms with E-state index in [1.165, 1.54) is 5.56 Å². The summed E-state index contributed by atoms with van der Waals surface area (Å²) in [7, 11) is 1.70. The lowest BCUT2D eigenvalue weighted by molar-refractivity contribution is -0.183. The smallest absolute Gasteiger partial charge is 0.118 e. The van der Waals surface area contributed by atoms with Crippen LogP contribution < -0.4 is 10.1 Å². The van der Waals surface area contributed by atoms with Crippen molar-refractivity contribution >= 4 is 0 Å². The van der Waals surface area contributed by atoms with Gasteiger partial charge in [0.2, 0.25) is 0 Å². The minimum absolute atomic E-state index is 0.0765. The first-order valence-electron chi connectivity index (χ1n) is 7.91. The van der Waals surface area contributed by atoms with Gasteiger partial charge in [-0.25, -0.2) is 0 Å². The van der Waals surface area contributed by atoms with Crippen LogP contribution in [0, 0.1) is 5.92 Å². The van der Waals surface area contributed by atoms with E-state index in [0.29, 0.717) is 5.92 Å². The summed E-state index contributed by atoms with van der Waals surface area (Å²) in [6.07, 6.45) is 2.05. The molecule has 1 aliphatic heterocycles. The molecule has 1 saturated heterocycles. The lowest BCUT2D eigenvalue weighted by Gasteiger charge is -2.48. The number of hydrogen-bond acceptors (Lipinski definition) is 3. The van der Waals surface area contributed by atoms with Gasteiger partial charge in [0.1, 0.15) is 5.75 Å². The molecule has 3 heteroatoms. The third kappa shape index (κ3) is 3.98. The lowest BCUT2D eigenvalue weighted by Crippen LogP contribution is -2.60. The molecule has 0 saturated carbocycles. The zero-order valence-corrected chi connectivity index (χ0v) is 14.0. The highest BCUT2D eigenvalue weighted by molar-refractivity contribution is 5.27. The van der Waals surface area contributed by atoms with E-state index < -0.39 is 0 Å². The highest BCUT2D eigenvalue weighted by Crippen LogP contribution is 2.33. The quantitative estimate of drug-likeness (QED) is 0.901. The van der Waals surface area contributed by atoms with Gasteiger partial charge in [0.05, 0.1) is 18.3 Å². The lowest BCUT2D eigenvalue weighted by atomic mass is 9.86. The molecule has 2 unspecified atom stereocenters. The molecule has 1 heterocycles. The number of hydrogen-bond donors (Lipinski definition) is 1. The summed E-state index contributed by atoms with van der Waals surface area (Å²) in [5.41, 5.74) is 1.15. The minimum atomic E-state index is -0.100. The van der Waals surface area contributed by atoms with E-state index in [-0.39, 0.29) is 11.2 Å². The van der Waals surface area contributed by atoms with Gasteiger partial charge in [-0.1, -0.05) is 26.0 Å². The fourth-order valence-corrected chi connectivity index (χ4v) is 2.87. The molecule has 0 bridgehead atoms. The molecular weight excluding hydrogens is 262 g/mol. The second-order valence-electron chi connectivity index (χ2n) is 6.97. The van der Waals surface area contributed by atoms with Crippen molar-refractivity contribution in [1.29, 1.82) is 0 Å². The molecule has 0 aliphatic carbocycles. The maximum atomic E-state index is 6.50. The predicted octanol–water partition coefficient (Wildman–Crippen LogP) is 3.42. The maximum absolute atomic E-state index is 6.50. The second-order valence-corrected chi connectivity index (χ2v) is 6.97. The monoisotopic (exact) mass is 291 g/mol. The second kappa shape index (κ2) is 6.37. The van der Waals surface area contributed by atoms with Crippen LogP contribution in [-0.2, 0) is 11.2 Å². The van der Waals surface area contributed by atoms with E-state index >= 15 is 0 Å². The van der Waals surface area contributed by atoms with Gasteiger partial charge in [0.25, 0.3) is 0 Å². The van der Waals surface area contributed by atoms with Gasteiger partial charge in [0.15, 0.2) is 0 Å². The Morgan fingerprint density at radius 3 is 2.43 bits per heavy atom. The molecule has 21 heavy (non-hydrogen) atoms. The Morgan fingerprint density at radius 2 is 1.86 bits per heavy atom. The Bertz CT molecular complexity index is 457. The zero-order chi connectivity index (χ0) is 15.5. The molecule has 0 spiro atoms. The average Bonchev–Trinajstić information content (AvgIpc) is 2.45. The van der Waals surface area contributed by atoms with Crippen LogP contribution in [0.4, 0.5) is 0 Å². The van der Waals surface area contributed by atoms with E-state index in [4.69, 9.17) is 9.47 Å². The predicted molar refractivity (Wildman–Crippen MR) is 86.9 cm³/mol. The van der Waals surface area contributed by atoms with Crippen LogP contribution in [0.5, 0.6) is 5.75 Å². The first-order valence-corrected chi connectivity index (χ1v) is 7.91. The SMILES string of the molecule is COc1ccc(CCC2(C)CNCC(C)(C(C)C)O2)cc1. The van der Waals surface area contributed by atoms with Crippen LogP contribution in [0.1, 0.15) is 39.7 Å². The standard InChI is InChI=1S/C18H29NO2/c1-14(2)18(4)13-19-12-17(3,21-18)11-10-15-6-8-16(20-5)9-7-15/h6-9,14,19H,10-13H2,1-5H3. The Kier molecular flexibility index (Phi) is 4.95. The fraction of sp³-hybridized carbons (Fsp3) is 0.667. The summed E-state index contributed by atoms with van der Waals surface area (Å²) in [6.45, 7) is 10.8. The average molecular weight is 291 g/mol. The van der Waals surface area contributed by atoms with Crippen molar-refractivity contribution in [2.24, 2.45) is 5.92 Å². The number of ether oxygens (including phenoxy) is 2. The molecule has 3 nitrogen and oxygen atoms in total. The van der Waals surface area contributed by atoms with E-state index in [9.17, 15) is 0 Å². The van der Waals surface area contributed by atoms with Gasteiger partial charge >= 0.3 is 0 Å². The number of rotatable bonds is 5. The van der Waals surface area contributed by atoms with Crippen molar-refractivity contribution in [2.45, 2.75) is 51.7 Å². The molecule has 1 N–H and O–H groups in total. The van der Waals surface area contributed by atoms with Crippen molar-refractivity contribution in [3.8, 4) is 5.75 Å². The molecule has 1 fully saturated rings. The van der Waals surface area contributed by atoms with Crippen molar-refractivity contribution in [3.05, 3.63) is 29.8 Å². The van der Waals surface area contributed by atoms with Gasteiger partial charge in [-0.3, -0.25) is 0 Å². The number of benzene rings is 1.